The summed E-state index contributed by atoms with van der Waals surface area (Å²) in [6.45, 7) is 2.98. The van der Waals surface area contributed by atoms with Crippen LogP contribution in [0.4, 0.5) is 0 Å². The number of ether oxygens (including phenoxy) is 1. The topological polar surface area (TPSA) is 53.3 Å². The molecule has 5 heteroatoms. The molecule has 0 N–H and O–H groups in total. The first-order valence-electron chi connectivity index (χ1n) is 6.10. The second-order valence-electron chi connectivity index (χ2n) is 4.29. The van der Waals surface area contributed by atoms with Crippen molar-refractivity contribution in [3.05, 3.63) is 22.4 Å². The number of nitrogens with zero attached hydrogens (tertiary/aromatic N) is 2. The number of ketones is 1. The zero-order valence-electron chi connectivity index (χ0n) is 10.2. The van der Waals surface area contributed by atoms with Gasteiger partial charge in [0.05, 0.1) is 17.6 Å². The maximum absolute atomic E-state index is 11.8. The lowest BCUT2D eigenvalue weighted by Gasteiger charge is -2.29. The van der Waals surface area contributed by atoms with Gasteiger partial charge in [-0.1, -0.05) is 6.07 Å². The highest BCUT2D eigenvalue weighted by Gasteiger charge is 2.19. The molecule has 1 fully saturated rings. The molecule has 0 spiro atoms. The van der Waals surface area contributed by atoms with Crippen molar-refractivity contribution in [2.45, 2.75) is 18.9 Å². The van der Waals surface area contributed by atoms with Crippen molar-refractivity contribution in [2.24, 2.45) is 0 Å². The van der Waals surface area contributed by atoms with Gasteiger partial charge in [-0.15, -0.1) is 11.3 Å². The first kappa shape index (κ1) is 13.2. The molecule has 18 heavy (non-hydrogen) atoms. The van der Waals surface area contributed by atoms with Crippen LogP contribution in [-0.4, -0.2) is 43.0 Å². The first-order chi connectivity index (χ1) is 8.79. The van der Waals surface area contributed by atoms with Gasteiger partial charge in [0.1, 0.15) is 0 Å². The lowest BCUT2D eigenvalue weighted by molar-refractivity contribution is 0.000209. The first-order valence-corrected chi connectivity index (χ1v) is 6.98. The molecule has 1 aliphatic rings. The Morgan fingerprint density at radius 3 is 3.28 bits per heavy atom. The predicted molar refractivity (Wildman–Crippen MR) is 69.7 cm³/mol. The highest BCUT2D eigenvalue weighted by molar-refractivity contribution is 7.12. The van der Waals surface area contributed by atoms with Crippen LogP contribution in [0.2, 0.25) is 0 Å². The molecular formula is C13H16N2O2S. The second-order valence-corrected chi connectivity index (χ2v) is 5.24. The van der Waals surface area contributed by atoms with Gasteiger partial charge >= 0.3 is 0 Å². The van der Waals surface area contributed by atoms with Crippen LogP contribution in [-0.2, 0) is 4.74 Å². The third-order valence-corrected chi connectivity index (χ3v) is 3.88. The summed E-state index contributed by atoms with van der Waals surface area (Å²) in [5.74, 6) is 0.218. The largest absolute Gasteiger partial charge is 0.361 e. The summed E-state index contributed by atoms with van der Waals surface area (Å²) in [4.78, 5) is 14.8. The Kier molecular flexibility index (Phi) is 4.88. The maximum atomic E-state index is 11.8. The summed E-state index contributed by atoms with van der Waals surface area (Å²) in [5, 5.41) is 10.7. The van der Waals surface area contributed by atoms with Crippen molar-refractivity contribution in [1.82, 2.24) is 4.90 Å². The van der Waals surface area contributed by atoms with Gasteiger partial charge in [0.15, 0.2) is 11.9 Å². The lowest BCUT2D eigenvalue weighted by atomic mass is 10.2. The fourth-order valence-corrected chi connectivity index (χ4v) is 2.70. The van der Waals surface area contributed by atoms with Crippen LogP contribution >= 0.6 is 11.3 Å². The molecule has 0 bridgehead atoms. The molecule has 1 aromatic heterocycles. The Labute approximate surface area is 111 Å². The number of nitriles is 1. The van der Waals surface area contributed by atoms with E-state index in [-0.39, 0.29) is 11.9 Å². The summed E-state index contributed by atoms with van der Waals surface area (Å²) >= 11 is 1.49. The third-order valence-electron chi connectivity index (χ3n) is 2.97. The third kappa shape index (κ3) is 3.64. The van der Waals surface area contributed by atoms with Gasteiger partial charge in [0.25, 0.3) is 0 Å². The summed E-state index contributed by atoms with van der Waals surface area (Å²) in [5.41, 5.74) is 0. The average Bonchev–Trinajstić information content (AvgIpc) is 2.93. The number of rotatable bonds is 5. The Hall–Kier alpha value is -1.22. The van der Waals surface area contributed by atoms with Crippen LogP contribution in [0.15, 0.2) is 17.5 Å². The zero-order chi connectivity index (χ0) is 12.8. The monoisotopic (exact) mass is 264 g/mol. The van der Waals surface area contributed by atoms with Crippen molar-refractivity contribution in [3.63, 3.8) is 0 Å². The molecule has 2 heterocycles. The second kappa shape index (κ2) is 6.64. The number of thiophene rings is 1. The van der Waals surface area contributed by atoms with Gasteiger partial charge in [0.2, 0.25) is 0 Å². The van der Waals surface area contributed by atoms with E-state index in [1.165, 1.54) is 11.3 Å². The van der Waals surface area contributed by atoms with Crippen LogP contribution < -0.4 is 0 Å². The lowest BCUT2D eigenvalue weighted by Crippen LogP contribution is -2.42. The van der Waals surface area contributed by atoms with E-state index >= 15 is 0 Å². The predicted octanol–water partition coefficient (Wildman–Crippen LogP) is 1.94. The fourth-order valence-electron chi connectivity index (χ4n) is 2.01. The molecule has 1 aliphatic heterocycles. The summed E-state index contributed by atoms with van der Waals surface area (Å²) in [6, 6.07) is 5.89. The van der Waals surface area contributed by atoms with Crippen LogP contribution in [0.3, 0.4) is 0 Å². The minimum atomic E-state index is -0.313. The molecule has 1 unspecified atom stereocenters. The van der Waals surface area contributed by atoms with Crippen molar-refractivity contribution >= 4 is 17.1 Å². The summed E-state index contributed by atoms with van der Waals surface area (Å²) in [7, 11) is 0. The van der Waals surface area contributed by atoms with E-state index in [0.717, 1.165) is 24.4 Å². The average molecular weight is 264 g/mol. The molecule has 0 aliphatic carbocycles. The van der Waals surface area contributed by atoms with Crippen molar-refractivity contribution in [3.8, 4) is 6.07 Å². The highest BCUT2D eigenvalue weighted by Crippen LogP contribution is 2.13. The molecule has 4 nitrogen and oxygen atoms in total. The normalized spacial score (nSPS) is 20.5. The Morgan fingerprint density at radius 1 is 1.67 bits per heavy atom. The number of hydrogen-bond donors (Lipinski definition) is 0. The quantitative estimate of drug-likeness (QED) is 0.763. The molecule has 0 aromatic carbocycles. The molecule has 1 saturated heterocycles. The Bertz CT molecular complexity index is 425. The number of Topliss-reactive ketones (excluding diaryl/α,β-unsaturated/α-hetero) is 1. The molecule has 0 radical (unpaired) electrons. The van der Waals surface area contributed by atoms with Crippen LogP contribution in [0.25, 0.3) is 0 Å². The smallest absolute Gasteiger partial charge is 0.172 e. The van der Waals surface area contributed by atoms with Crippen molar-refractivity contribution < 1.29 is 9.53 Å². The SMILES string of the molecule is N#CC1CN(CCCC(=O)c2cccs2)CCO1. The molecule has 1 aromatic rings. The van der Waals surface area contributed by atoms with Gasteiger partial charge in [-0.05, 0) is 24.4 Å². The van der Waals surface area contributed by atoms with Gasteiger partial charge in [-0.2, -0.15) is 5.26 Å². The standard InChI is InChI=1S/C13H16N2O2S/c14-9-11-10-15(6-7-17-11)5-1-3-12(16)13-4-2-8-18-13/h2,4,8,11H,1,3,5-7,10H2. The van der Waals surface area contributed by atoms with Crippen molar-refractivity contribution in [1.29, 1.82) is 5.26 Å². The van der Waals surface area contributed by atoms with Crippen LogP contribution in [0.1, 0.15) is 22.5 Å². The molecule has 1 atom stereocenters. The number of carbonyl (C=O) groups is 1. The van der Waals surface area contributed by atoms with Gasteiger partial charge in [-0.3, -0.25) is 9.69 Å². The molecule has 2 rings (SSSR count). The highest BCUT2D eigenvalue weighted by atomic mass is 32.1. The van der Waals surface area contributed by atoms with E-state index in [4.69, 9.17) is 10.00 Å². The van der Waals surface area contributed by atoms with Gasteiger partial charge < -0.3 is 4.74 Å². The molecule has 96 valence electrons. The summed E-state index contributed by atoms with van der Waals surface area (Å²) < 4.78 is 5.28. The Morgan fingerprint density at radius 2 is 2.56 bits per heavy atom. The number of carbonyl (C=O) groups excluding carboxylic acids is 1. The molecule has 0 saturated carbocycles. The minimum Gasteiger partial charge on any atom is -0.361 e. The van der Waals surface area contributed by atoms with Crippen LogP contribution in [0.5, 0.6) is 0 Å². The van der Waals surface area contributed by atoms with Crippen LogP contribution in [0, 0.1) is 11.3 Å². The summed E-state index contributed by atoms with van der Waals surface area (Å²) in [6.07, 6.45) is 1.11. The van der Waals surface area contributed by atoms with E-state index in [1.807, 2.05) is 17.5 Å². The fraction of sp³-hybridized carbons (Fsp3) is 0.538. The van der Waals surface area contributed by atoms with E-state index in [2.05, 4.69) is 11.0 Å². The minimum absolute atomic E-state index is 0.218. The van der Waals surface area contributed by atoms with Crippen molar-refractivity contribution in [2.75, 3.05) is 26.2 Å². The maximum Gasteiger partial charge on any atom is 0.172 e. The number of hydrogen-bond acceptors (Lipinski definition) is 5. The number of morpholine rings is 1. The zero-order valence-corrected chi connectivity index (χ0v) is 11.0. The van der Waals surface area contributed by atoms with E-state index in [1.54, 1.807) is 0 Å². The van der Waals surface area contributed by atoms with E-state index in [0.29, 0.717) is 19.6 Å². The van der Waals surface area contributed by atoms with E-state index in [9.17, 15) is 4.79 Å². The van der Waals surface area contributed by atoms with Gasteiger partial charge in [0, 0.05) is 19.5 Å². The van der Waals surface area contributed by atoms with Gasteiger partial charge in [-0.25, -0.2) is 0 Å². The molecule has 0 amide bonds. The van der Waals surface area contributed by atoms with E-state index < -0.39 is 0 Å². The Balaban J connectivity index is 1.69. The molecular weight excluding hydrogens is 248 g/mol.